The molecule has 0 saturated carbocycles. The number of hydrogen-bond donors (Lipinski definition) is 0. The number of rotatable bonds is 7. The van der Waals surface area contributed by atoms with E-state index in [0.29, 0.717) is 0 Å². The molecule has 0 radical (unpaired) electrons. The van der Waals surface area contributed by atoms with Crippen LogP contribution in [0, 0.1) is 0 Å². The number of halogens is 1. The van der Waals surface area contributed by atoms with Gasteiger partial charge in [0, 0.05) is 39.7 Å². The summed E-state index contributed by atoms with van der Waals surface area (Å²) >= 11 is 7.35. The molecule has 0 fully saturated rings. The lowest BCUT2D eigenvalue weighted by Crippen LogP contribution is -2.14. The van der Waals surface area contributed by atoms with Crippen LogP contribution < -0.4 is 9.64 Å². The molecular formula is C49H36ClNO. The Bertz CT molecular complexity index is 2590. The maximum atomic E-state index is 7.35. The first-order valence-corrected chi connectivity index (χ1v) is 18.1. The molecule has 0 amide bonds. The predicted molar refractivity (Wildman–Crippen MR) is 219 cm³/mol. The molecule has 8 aromatic rings. The molecule has 0 aliphatic heterocycles. The molecule has 9 rings (SSSR count). The Kier molecular flexibility index (Phi) is 7.91. The molecule has 1 aliphatic rings. The minimum Gasteiger partial charge on any atom is -0.457 e. The van der Waals surface area contributed by atoms with Crippen molar-refractivity contribution in [3.63, 3.8) is 0 Å². The zero-order valence-electron chi connectivity index (χ0n) is 29.1. The number of nitrogens with zero attached hydrogens (tertiary/aromatic N) is 1. The third-order valence-corrected chi connectivity index (χ3v) is 10.7. The van der Waals surface area contributed by atoms with Crippen molar-refractivity contribution < 1.29 is 4.74 Å². The highest BCUT2D eigenvalue weighted by Crippen LogP contribution is 2.53. The number of para-hydroxylation sites is 1. The second-order valence-electron chi connectivity index (χ2n) is 13.9. The van der Waals surface area contributed by atoms with Crippen LogP contribution in [0.2, 0.25) is 5.02 Å². The lowest BCUT2D eigenvalue weighted by Gasteiger charge is -2.27. The smallest absolute Gasteiger partial charge is 0.129 e. The van der Waals surface area contributed by atoms with Crippen molar-refractivity contribution in [3.8, 4) is 44.9 Å². The highest BCUT2D eigenvalue weighted by molar-refractivity contribution is 6.36. The highest BCUT2D eigenvalue weighted by Gasteiger charge is 2.37. The summed E-state index contributed by atoms with van der Waals surface area (Å²) in [6.45, 7) is 4.58. The minimum atomic E-state index is -0.100. The molecule has 3 heteroatoms. The van der Waals surface area contributed by atoms with Gasteiger partial charge in [-0.2, -0.15) is 0 Å². The fraction of sp³-hybridized carbons (Fsp3) is 0.0612. The van der Waals surface area contributed by atoms with Gasteiger partial charge in [0.1, 0.15) is 11.5 Å². The Morgan fingerprint density at radius 3 is 1.92 bits per heavy atom. The van der Waals surface area contributed by atoms with Gasteiger partial charge < -0.3 is 9.64 Å². The van der Waals surface area contributed by atoms with Gasteiger partial charge in [-0.25, -0.2) is 0 Å². The molecule has 0 atom stereocenters. The molecule has 0 heterocycles. The Balaban J connectivity index is 1.16. The second kappa shape index (κ2) is 12.9. The third kappa shape index (κ3) is 5.62. The largest absolute Gasteiger partial charge is 0.457 e. The van der Waals surface area contributed by atoms with E-state index in [9.17, 15) is 0 Å². The van der Waals surface area contributed by atoms with E-state index >= 15 is 0 Å². The van der Waals surface area contributed by atoms with Crippen LogP contribution in [0.1, 0.15) is 25.0 Å². The van der Waals surface area contributed by atoms with E-state index in [0.717, 1.165) is 66.6 Å². The summed E-state index contributed by atoms with van der Waals surface area (Å²) < 4.78 is 6.31. The number of benzene rings is 8. The van der Waals surface area contributed by atoms with Gasteiger partial charge in [-0.05, 0) is 98.8 Å². The van der Waals surface area contributed by atoms with Crippen LogP contribution in [0.25, 0.3) is 44.2 Å². The van der Waals surface area contributed by atoms with Crippen molar-refractivity contribution in [2.24, 2.45) is 0 Å². The van der Waals surface area contributed by atoms with Crippen molar-refractivity contribution in [3.05, 3.63) is 198 Å². The monoisotopic (exact) mass is 689 g/mol. The second-order valence-corrected chi connectivity index (χ2v) is 14.3. The highest BCUT2D eigenvalue weighted by atomic mass is 35.5. The van der Waals surface area contributed by atoms with E-state index in [1.807, 2.05) is 36.4 Å². The quantitative estimate of drug-likeness (QED) is 0.165. The Labute approximate surface area is 310 Å². The summed E-state index contributed by atoms with van der Waals surface area (Å²) in [6, 6.07) is 63.9. The van der Waals surface area contributed by atoms with E-state index in [1.165, 1.54) is 22.3 Å². The van der Waals surface area contributed by atoms with E-state index in [-0.39, 0.29) is 5.41 Å². The summed E-state index contributed by atoms with van der Waals surface area (Å²) in [6.07, 6.45) is 0. The number of anilines is 3. The number of fused-ring (bicyclic) bond motifs is 4. The van der Waals surface area contributed by atoms with Crippen LogP contribution in [0.3, 0.4) is 0 Å². The zero-order chi connectivity index (χ0) is 35.2. The number of ether oxygens (including phenoxy) is 1. The molecule has 52 heavy (non-hydrogen) atoms. The van der Waals surface area contributed by atoms with Gasteiger partial charge in [-0.15, -0.1) is 0 Å². The Morgan fingerprint density at radius 1 is 0.442 bits per heavy atom. The standard InChI is InChI=1S/C49H36ClNO/c1-49(2)45-22-10-9-21-44(45)47-46(49)28-27-43(48(47)50)36-24-23-34-25-26-40(31-37(34)29-36)51(38-16-11-15-35(30-38)33-13-5-3-6-14-33)39-17-12-20-42(32-39)52-41-18-7-4-8-19-41/h3-32H,1-2H3. The number of hydrogen-bond acceptors (Lipinski definition) is 2. The molecule has 0 saturated heterocycles. The van der Waals surface area contributed by atoms with Crippen LogP contribution >= 0.6 is 11.6 Å². The van der Waals surface area contributed by atoms with Crippen LogP contribution in [0.15, 0.2) is 182 Å². The van der Waals surface area contributed by atoms with E-state index in [2.05, 4.69) is 164 Å². The zero-order valence-corrected chi connectivity index (χ0v) is 29.8. The normalized spacial score (nSPS) is 12.7. The first kappa shape index (κ1) is 31.9. The first-order chi connectivity index (χ1) is 25.4. The van der Waals surface area contributed by atoms with Crippen molar-refractivity contribution in [1.29, 1.82) is 0 Å². The summed E-state index contributed by atoms with van der Waals surface area (Å²) in [5.74, 6) is 1.57. The summed E-state index contributed by atoms with van der Waals surface area (Å²) in [4.78, 5) is 2.30. The molecule has 0 unspecified atom stereocenters. The van der Waals surface area contributed by atoms with Crippen LogP contribution in [0.5, 0.6) is 11.5 Å². The van der Waals surface area contributed by atoms with E-state index in [1.54, 1.807) is 0 Å². The maximum Gasteiger partial charge on any atom is 0.129 e. The van der Waals surface area contributed by atoms with E-state index in [4.69, 9.17) is 16.3 Å². The fourth-order valence-corrected chi connectivity index (χ4v) is 8.10. The van der Waals surface area contributed by atoms with Gasteiger partial charge in [0.25, 0.3) is 0 Å². The van der Waals surface area contributed by atoms with Crippen molar-refractivity contribution in [1.82, 2.24) is 0 Å². The molecule has 0 spiro atoms. The fourth-order valence-electron chi connectivity index (χ4n) is 7.73. The maximum absolute atomic E-state index is 7.35. The average molecular weight is 690 g/mol. The molecular weight excluding hydrogens is 654 g/mol. The lowest BCUT2D eigenvalue weighted by molar-refractivity contribution is 0.483. The van der Waals surface area contributed by atoms with Crippen molar-refractivity contribution in [2.75, 3.05) is 4.90 Å². The summed E-state index contributed by atoms with van der Waals surface area (Å²) in [5.41, 5.74) is 12.4. The SMILES string of the molecule is CC1(C)c2ccccc2-c2c1ccc(-c1ccc3ccc(N(c4cccc(Oc5ccccc5)c4)c4cccc(-c5ccccc5)c4)cc3c1)c2Cl. The van der Waals surface area contributed by atoms with E-state index < -0.39 is 0 Å². The first-order valence-electron chi connectivity index (χ1n) is 17.7. The van der Waals surface area contributed by atoms with Crippen LogP contribution in [0.4, 0.5) is 17.1 Å². The molecule has 2 nitrogen and oxygen atoms in total. The molecule has 0 N–H and O–H groups in total. The van der Waals surface area contributed by atoms with Gasteiger partial charge in [0.05, 0.1) is 5.02 Å². The molecule has 8 aromatic carbocycles. The average Bonchev–Trinajstić information content (AvgIpc) is 3.42. The summed E-state index contributed by atoms with van der Waals surface area (Å²) in [7, 11) is 0. The molecule has 0 bridgehead atoms. The van der Waals surface area contributed by atoms with Gasteiger partial charge in [-0.3, -0.25) is 0 Å². The molecule has 1 aliphatic carbocycles. The van der Waals surface area contributed by atoms with Gasteiger partial charge >= 0.3 is 0 Å². The van der Waals surface area contributed by atoms with Gasteiger partial charge in [-0.1, -0.05) is 147 Å². The molecule has 250 valence electrons. The van der Waals surface area contributed by atoms with Crippen molar-refractivity contribution >= 4 is 39.4 Å². The van der Waals surface area contributed by atoms with Crippen LogP contribution in [-0.4, -0.2) is 0 Å². The van der Waals surface area contributed by atoms with Crippen molar-refractivity contribution in [2.45, 2.75) is 19.3 Å². The summed E-state index contributed by atoms with van der Waals surface area (Å²) in [5, 5.41) is 3.10. The minimum absolute atomic E-state index is 0.100. The topological polar surface area (TPSA) is 12.5 Å². The van der Waals surface area contributed by atoms with Gasteiger partial charge in [0.2, 0.25) is 0 Å². The predicted octanol–water partition coefficient (Wildman–Crippen LogP) is 14.4. The Hall–Kier alpha value is -6.09. The lowest BCUT2D eigenvalue weighted by atomic mass is 9.82. The Morgan fingerprint density at radius 2 is 1.10 bits per heavy atom. The van der Waals surface area contributed by atoms with Gasteiger partial charge in [0.15, 0.2) is 0 Å². The van der Waals surface area contributed by atoms with Crippen LogP contribution in [-0.2, 0) is 5.41 Å². The molecule has 0 aromatic heterocycles. The third-order valence-electron chi connectivity index (χ3n) is 10.3.